The van der Waals surface area contributed by atoms with Gasteiger partial charge in [-0.2, -0.15) is 0 Å². The summed E-state index contributed by atoms with van der Waals surface area (Å²) in [4.78, 5) is 13.1. The highest BCUT2D eigenvalue weighted by molar-refractivity contribution is 14.0. The number of nitrogens with one attached hydrogen (secondary N) is 3. The van der Waals surface area contributed by atoms with E-state index < -0.39 is 0 Å². The van der Waals surface area contributed by atoms with Crippen LogP contribution in [-0.2, 0) is 6.42 Å². The van der Waals surface area contributed by atoms with Gasteiger partial charge in [0, 0.05) is 49.8 Å². The van der Waals surface area contributed by atoms with Crippen molar-refractivity contribution in [3.8, 4) is 0 Å². The maximum absolute atomic E-state index is 4.77. The lowest BCUT2D eigenvalue weighted by molar-refractivity contribution is 0.275. The van der Waals surface area contributed by atoms with E-state index in [1.165, 1.54) is 49.1 Å². The number of aromatic amines is 1. The highest BCUT2D eigenvalue weighted by atomic mass is 127. The number of hydrogen-bond donors (Lipinski definition) is 3. The first kappa shape index (κ1) is 24.0. The third-order valence-corrected chi connectivity index (χ3v) is 5.42. The average molecular weight is 512 g/mol. The minimum atomic E-state index is 0. The van der Waals surface area contributed by atoms with Crippen LogP contribution in [0.15, 0.2) is 35.5 Å². The zero-order chi connectivity index (χ0) is 19.6. The van der Waals surface area contributed by atoms with Crippen molar-refractivity contribution >= 4 is 40.8 Å². The molecule has 1 aromatic heterocycles. The van der Waals surface area contributed by atoms with Gasteiger partial charge in [0.05, 0.1) is 0 Å². The molecule has 1 saturated heterocycles. The van der Waals surface area contributed by atoms with Gasteiger partial charge < -0.3 is 25.4 Å². The molecule has 0 spiro atoms. The third-order valence-electron chi connectivity index (χ3n) is 5.42. The van der Waals surface area contributed by atoms with E-state index in [0.717, 1.165) is 45.0 Å². The maximum Gasteiger partial charge on any atom is 0.191 e. The molecule has 1 fully saturated rings. The van der Waals surface area contributed by atoms with E-state index in [9.17, 15) is 0 Å². The van der Waals surface area contributed by atoms with Crippen LogP contribution in [0.3, 0.4) is 0 Å². The Hall–Kier alpha value is -1.32. The molecule has 3 N–H and O–H groups in total. The smallest absolute Gasteiger partial charge is 0.191 e. The van der Waals surface area contributed by atoms with E-state index in [1.807, 2.05) is 0 Å². The molecule has 1 aromatic carbocycles. The van der Waals surface area contributed by atoms with E-state index in [0.29, 0.717) is 0 Å². The van der Waals surface area contributed by atoms with Crippen LogP contribution in [0.2, 0.25) is 0 Å². The van der Waals surface area contributed by atoms with Gasteiger partial charge in [-0.15, -0.1) is 24.0 Å². The fourth-order valence-electron chi connectivity index (χ4n) is 3.80. The largest absolute Gasteiger partial charge is 0.361 e. The second-order valence-electron chi connectivity index (χ2n) is 7.65. The Labute approximate surface area is 192 Å². The molecule has 0 bridgehead atoms. The summed E-state index contributed by atoms with van der Waals surface area (Å²) in [6.45, 7) is 10.7. The minimum absolute atomic E-state index is 0. The number of guanidine groups is 1. The van der Waals surface area contributed by atoms with Gasteiger partial charge in [-0.3, -0.25) is 4.99 Å². The normalized spacial score (nSPS) is 16.4. The number of hydrogen-bond acceptors (Lipinski definition) is 3. The predicted molar refractivity (Wildman–Crippen MR) is 135 cm³/mol. The van der Waals surface area contributed by atoms with Crippen molar-refractivity contribution in [1.82, 2.24) is 25.4 Å². The quantitative estimate of drug-likeness (QED) is 0.221. The number of likely N-dealkylation sites (N-methyl/N-ethyl adjacent to an activating group) is 1. The lowest BCUT2D eigenvalue weighted by Crippen LogP contribution is -2.38. The zero-order valence-electron chi connectivity index (χ0n) is 17.9. The Morgan fingerprint density at radius 2 is 2.00 bits per heavy atom. The second-order valence-corrected chi connectivity index (χ2v) is 7.65. The monoisotopic (exact) mass is 512 g/mol. The number of rotatable bonds is 8. The molecule has 0 unspecified atom stereocenters. The van der Waals surface area contributed by atoms with Crippen LogP contribution >= 0.6 is 24.0 Å². The molecule has 1 aliphatic rings. The summed E-state index contributed by atoms with van der Waals surface area (Å²) in [7, 11) is 2.22. The molecule has 2 aromatic rings. The zero-order valence-corrected chi connectivity index (χ0v) is 20.2. The van der Waals surface area contributed by atoms with Gasteiger partial charge in [0.25, 0.3) is 0 Å². The molecule has 0 amide bonds. The number of H-pyrrole nitrogens is 1. The first-order chi connectivity index (χ1) is 13.8. The first-order valence-electron chi connectivity index (χ1n) is 10.7. The lowest BCUT2D eigenvalue weighted by atomic mass is 10.1. The minimum Gasteiger partial charge on any atom is -0.361 e. The maximum atomic E-state index is 4.77. The number of nitrogens with zero attached hydrogens (tertiary/aromatic N) is 3. The summed E-state index contributed by atoms with van der Waals surface area (Å²) in [6.07, 6.45) is 5.49. The van der Waals surface area contributed by atoms with Crippen molar-refractivity contribution in [3.63, 3.8) is 0 Å². The molecule has 2 heterocycles. The molecular weight excluding hydrogens is 475 g/mol. The van der Waals surface area contributed by atoms with E-state index >= 15 is 0 Å². The lowest BCUT2D eigenvalue weighted by Gasteiger charge is -2.19. The number of para-hydroxylation sites is 1. The molecule has 7 heteroatoms. The van der Waals surface area contributed by atoms with Crippen molar-refractivity contribution in [2.24, 2.45) is 4.99 Å². The summed E-state index contributed by atoms with van der Waals surface area (Å²) in [5.41, 5.74) is 2.56. The number of aliphatic imine (C=N–C) groups is 1. The fraction of sp³-hybridized carbons (Fsp3) is 0.591. The van der Waals surface area contributed by atoms with Crippen molar-refractivity contribution in [2.45, 2.75) is 26.2 Å². The molecule has 162 valence electrons. The highest BCUT2D eigenvalue weighted by Crippen LogP contribution is 2.17. The highest BCUT2D eigenvalue weighted by Gasteiger charge is 2.11. The van der Waals surface area contributed by atoms with Gasteiger partial charge >= 0.3 is 0 Å². The predicted octanol–water partition coefficient (Wildman–Crippen LogP) is 2.91. The Kier molecular flexibility index (Phi) is 10.8. The topological polar surface area (TPSA) is 58.7 Å². The first-order valence-corrected chi connectivity index (χ1v) is 10.7. The summed E-state index contributed by atoms with van der Waals surface area (Å²) in [5, 5.41) is 8.16. The van der Waals surface area contributed by atoms with E-state index in [-0.39, 0.29) is 24.0 Å². The van der Waals surface area contributed by atoms with E-state index in [4.69, 9.17) is 4.99 Å². The van der Waals surface area contributed by atoms with Gasteiger partial charge in [-0.25, -0.2) is 0 Å². The Morgan fingerprint density at radius 3 is 2.86 bits per heavy atom. The number of fused-ring (bicyclic) bond motifs is 1. The summed E-state index contributed by atoms with van der Waals surface area (Å²) in [6, 6.07) is 8.48. The van der Waals surface area contributed by atoms with Crippen LogP contribution < -0.4 is 10.6 Å². The molecule has 0 aliphatic carbocycles. The van der Waals surface area contributed by atoms with Crippen LogP contribution in [0, 0.1) is 0 Å². The van der Waals surface area contributed by atoms with Gasteiger partial charge in [-0.1, -0.05) is 18.2 Å². The SMILES string of the molecule is CCNC(=NCCCN1CCCN(C)CC1)NCCc1c[nH]c2ccccc12.I. The molecule has 1 aliphatic heterocycles. The molecule has 29 heavy (non-hydrogen) atoms. The molecular formula is C22H37IN6. The Balaban J connectivity index is 0.00000300. The van der Waals surface area contributed by atoms with Crippen LogP contribution in [0.5, 0.6) is 0 Å². The van der Waals surface area contributed by atoms with Crippen molar-refractivity contribution in [2.75, 3.05) is 59.4 Å². The van der Waals surface area contributed by atoms with Crippen molar-refractivity contribution < 1.29 is 0 Å². The van der Waals surface area contributed by atoms with Gasteiger partial charge in [0.2, 0.25) is 0 Å². The standard InChI is InChI=1S/C22H36N6.HI/c1-3-23-22(24-11-6-14-28-15-7-13-27(2)16-17-28)25-12-10-19-18-26-21-9-5-4-8-20(19)21;/h4-5,8-9,18,26H,3,6-7,10-17H2,1-2H3,(H2,23,24,25);1H. The van der Waals surface area contributed by atoms with Crippen LogP contribution in [0.4, 0.5) is 0 Å². The second kappa shape index (κ2) is 13.1. The Bertz CT molecular complexity index is 744. The fourth-order valence-corrected chi connectivity index (χ4v) is 3.80. The summed E-state index contributed by atoms with van der Waals surface area (Å²) in [5.74, 6) is 0.929. The molecule has 0 radical (unpaired) electrons. The molecule has 0 saturated carbocycles. The van der Waals surface area contributed by atoms with E-state index in [2.05, 4.69) is 69.9 Å². The van der Waals surface area contributed by atoms with E-state index in [1.54, 1.807) is 0 Å². The van der Waals surface area contributed by atoms with Gasteiger partial charge in [-0.05, 0) is 64.5 Å². The summed E-state index contributed by atoms with van der Waals surface area (Å²) < 4.78 is 0. The molecule has 6 nitrogen and oxygen atoms in total. The third kappa shape index (κ3) is 7.79. The van der Waals surface area contributed by atoms with Crippen LogP contribution in [0.25, 0.3) is 10.9 Å². The van der Waals surface area contributed by atoms with Gasteiger partial charge in [0.1, 0.15) is 0 Å². The van der Waals surface area contributed by atoms with Crippen molar-refractivity contribution in [3.05, 3.63) is 36.0 Å². The molecule has 0 atom stereocenters. The average Bonchev–Trinajstić information content (AvgIpc) is 3.00. The van der Waals surface area contributed by atoms with Crippen LogP contribution in [0.1, 0.15) is 25.3 Å². The summed E-state index contributed by atoms with van der Waals surface area (Å²) >= 11 is 0. The van der Waals surface area contributed by atoms with Crippen LogP contribution in [-0.4, -0.2) is 80.1 Å². The number of halogens is 1. The number of benzene rings is 1. The number of aromatic nitrogens is 1. The Morgan fingerprint density at radius 1 is 1.14 bits per heavy atom. The van der Waals surface area contributed by atoms with Gasteiger partial charge in [0.15, 0.2) is 5.96 Å². The molecule has 3 rings (SSSR count). The van der Waals surface area contributed by atoms with Crippen molar-refractivity contribution in [1.29, 1.82) is 0 Å².